The van der Waals surface area contributed by atoms with Gasteiger partial charge in [-0.15, -0.1) is 0 Å². The Kier molecular flexibility index (Phi) is 6.59. The Labute approximate surface area is 306 Å². The van der Waals surface area contributed by atoms with Crippen LogP contribution in [0.25, 0.3) is 104 Å². The summed E-state index contributed by atoms with van der Waals surface area (Å²) in [6, 6.07) is 70.5. The monoisotopic (exact) mass is 672 g/mol. The highest BCUT2D eigenvalue weighted by atomic mass is 15.1. The molecule has 10 aromatic carbocycles. The molecule has 0 spiro atoms. The van der Waals surface area contributed by atoms with Crippen LogP contribution < -0.4 is 0 Å². The minimum atomic E-state index is 0.932. The van der Waals surface area contributed by atoms with Crippen molar-refractivity contribution in [2.45, 2.75) is 0 Å². The zero-order chi connectivity index (χ0) is 34.9. The molecule has 0 saturated carbocycles. The van der Waals surface area contributed by atoms with Crippen molar-refractivity contribution in [1.29, 1.82) is 0 Å². The summed E-state index contributed by atoms with van der Waals surface area (Å²) >= 11 is 0. The van der Waals surface area contributed by atoms with Crippen LogP contribution in [0.2, 0.25) is 0 Å². The van der Waals surface area contributed by atoms with E-state index in [4.69, 9.17) is 4.98 Å². The van der Waals surface area contributed by atoms with Gasteiger partial charge >= 0.3 is 0 Å². The molecule has 0 saturated heterocycles. The normalized spacial score (nSPS) is 11.8. The molecule has 0 aliphatic heterocycles. The van der Waals surface area contributed by atoms with Gasteiger partial charge in [-0.25, -0.2) is 4.98 Å². The van der Waals surface area contributed by atoms with Crippen molar-refractivity contribution in [2.75, 3.05) is 0 Å². The first-order valence-corrected chi connectivity index (χ1v) is 18.2. The fourth-order valence-corrected chi connectivity index (χ4v) is 8.57. The summed E-state index contributed by atoms with van der Waals surface area (Å²) in [5, 5.41) is 12.5. The molecule has 2 heteroatoms. The maximum atomic E-state index is 5.20. The van der Waals surface area contributed by atoms with Crippen LogP contribution in [-0.4, -0.2) is 9.55 Å². The third-order valence-corrected chi connectivity index (χ3v) is 11.0. The van der Waals surface area contributed by atoms with Crippen LogP contribution in [0.4, 0.5) is 0 Å². The van der Waals surface area contributed by atoms with E-state index in [0.29, 0.717) is 0 Å². The standard InChI is InChI=1S/C51H32N2/c1-2-14-36-31-38(30-29-33(36)13-1)53-48-24-12-11-23-47(48)52-51(53)35-27-25-34(26-28-35)49-42-19-7-9-21-44(42)50(45-22-10-8-20-43(45)49)46-32-37-15-3-4-16-39(37)40-17-5-6-18-41(40)46/h1-32H. The summed E-state index contributed by atoms with van der Waals surface area (Å²) in [7, 11) is 0. The van der Waals surface area contributed by atoms with Crippen LogP contribution in [0.1, 0.15) is 0 Å². The molecule has 1 heterocycles. The van der Waals surface area contributed by atoms with Gasteiger partial charge in [0.2, 0.25) is 0 Å². The molecule has 0 aliphatic carbocycles. The first-order valence-electron chi connectivity index (χ1n) is 18.2. The van der Waals surface area contributed by atoms with Gasteiger partial charge in [0.1, 0.15) is 5.82 Å². The average Bonchev–Trinajstić information content (AvgIpc) is 3.62. The summed E-state index contributed by atoms with van der Waals surface area (Å²) in [5.41, 5.74) is 9.23. The van der Waals surface area contributed by atoms with E-state index in [-0.39, 0.29) is 0 Å². The lowest BCUT2D eigenvalue weighted by atomic mass is 9.84. The Bertz CT molecular complexity index is 3160. The lowest BCUT2D eigenvalue weighted by Crippen LogP contribution is -1.98. The predicted octanol–water partition coefficient (Wildman–Crippen LogP) is 13.8. The number of benzene rings is 10. The van der Waals surface area contributed by atoms with Gasteiger partial charge in [0, 0.05) is 11.3 Å². The summed E-state index contributed by atoms with van der Waals surface area (Å²) in [4.78, 5) is 5.20. The second-order valence-electron chi connectivity index (χ2n) is 13.9. The molecule has 246 valence electrons. The fourth-order valence-electron chi connectivity index (χ4n) is 8.57. The predicted molar refractivity (Wildman–Crippen MR) is 225 cm³/mol. The maximum Gasteiger partial charge on any atom is 0.145 e. The number of rotatable bonds is 4. The van der Waals surface area contributed by atoms with E-state index in [1.54, 1.807) is 0 Å². The van der Waals surface area contributed by atoms with Gasteiger partial charge in [-0.05, 0) is 106 Å². The van der Waals surface area contributed by atoms with E-state index in [2.05, 4.69) is 199 Å². The average molecular weight is 673 g/mol. The van der Waals surface area contributed by atoms with Gasteiger partial charge in [0.05, 0.1) is 11.0 Å². The van der Waals surface area contributed by atoms with Crippen molar-refractivity contribution >= 4 is 64.9 Å². The minimum absolute atomic E-state index is 0.932. The summed E-state index contributed by atoms with van der Waals surface area (Å²) in [6.45, 7) is 0. The highest BCUT2D eigenvalue weighted by Gasteiger charge is 2.20. The molecule has 0 bridgehead atoms. The summed E-state index contributed by atoms with van der Waals surface area (Å²) in [6.07, 6.45) is 0. The Morgan fingerprint density at radius 2 is 0.868 bits per heavy atom. The molecule has 2 nitrogen and oxygen atoms in total. The van der Waals surface area contributed by atoms with Crippen molar-refractivity contribution in [2.24, 2.45) is 0 Å². The van der Waals surface area contributed by atoms with Crippen LogP contribution in [0.3, 0.4) is 0 Å². The zero-order valence-electron chi connectivity index (χ0n) is 28.9. The van der Waals surface area contributed by atoms with E-state index >= 15 is 0 Å². The number of nitrogens with zero attached hydrogens (tertiary/aromatic N) is 2. The Hall–Kier alpha value is -7.03. The van der Waals surface area contributed by atoms with E-state index in [9.17, 15) is 0 Å². The van der Waals surface area contributed by atoms with E-state index < -0.39 is 0 Å². The molecule has 0 amide bonds. The molecule has 0 radical (unpaired) electrons. The van der Waals surface area contributed by atoms with Crippen molar-refractivity contribution in [3.05, 3.63) is 194 Å². The lowest BCUT2D eigenvalue weighted by molar-refractivity contribution is 1.11. The van der Waals surface area contributed by atoms with E-state index in [1.165, 1.54) is 76.1 Å². The highest BCUT2D eigenvalue weighted by Crippen LogP contribution is 2.46. The molecular formula is C51H32N2. The molecule has 0 aliphatic rings. The number of hydrogen-bond acceptors (Lipinski definition) is 1. The number of imidazole rings is 1. The van der Waals surface area contributed by atoms with Crippen LogP contribution in [-0.2, 0) is 0 Å². The van der Waals surface area contributed by atoms with Crippen molar-refractivity contribution in [1.82, 2.24) is 9.55 Å². The number of para-hydroxylation sites is 2. The smallest absolute Gasteiger partial charge is 0.145 e. The molecular weight excluding hydrogens is 641 g/mol. The van der Waals surface area contributed by atoms with Gasteiger partial charge in [0.15, 0.2) is 0 Å². The van der Waals surface area contributed by atoms with Crippen molar-refractivity contribution < 1.29 is 0 Å². The van der Waals surface area contributed by atoms with E-state index in [1.807, 2.05) is 0 Å². The number of hydrogen-bond donors (Lipinski definition) is 0. The van der Waals surface area contributed by atoms with E-state index in [0.717, 1.165) is 28.1 Å². The summed E-state index contributed by atoms with van der Waals surface area (Å²) < 4.78 is 2.30. The number of aromatic nitrogens is 2. The van der Waals surface area contributed by atoms with Crippen molar-refractivity contribution in [3.8, 4) is 39.3 Å². The molecule has 0 fully saturated rings. The Morgan fingerprint density at radius 1 is 0.340 bits per heavy atom. The molecule has 11 aromatic rings. The van der Waals surface area contributed by atoms with Crippen molar-refractivity contribution in [3.63, 3.8) is 0 Å². The lowest BCUT2D eigenvalue weighted by Gasteiger charge is -2.19. The SMILES string of the molecule is c1ccc2cc(-n3c(-c4ccc(-c5c6ccccc6c(-c6cc7ccccc7c7ccccc67)c6ccccc56)cc4)nc4ccccc43)ccc2c1. The number of fused-ring (bicyclic) bond motifs is 7. The quantitative estimate of drug-likeness (QED) is 0.134. The second-order valence-corrected chi connectivity index (χ2v) is 13.9. The zero-order valence-corrected chi connectivity index (χ0v) is 28.9. The van der Waals surface area contributed by atoms with Gasteiger partial charge in [-0.2, -0.15) is 0 Å². The highest BCUT2D eigenvalue weighted by molar-refractivity contribution is 6.25. The molecule has 0 N–H and O–H groups in total. The largest absolute Gasteiger partial charge is 0.292 e. The molecule has 11 rings (SSSR count). The molecule has 0 atom stereocenters. The third-order valence-electron chi connectivity index (χ3n) is 11.0. The van der Waals surface area contributed by atoms with Gasteiger partial charge < -0.3 is 0 Å². The van der Waals surface area contributed by atoms with Crippen LogP contribution >= 0.6 is 0 Å². The molecule has 1 aromatic heterocycles. The fraction of sp³-hybridized carbons (Fsp3) is 0. The van der Waals surface area contributed by atoms with Gasteiger partial charge in [0.25, 0.3) is 0 Å². The molecule has 53 heavy (non-hydrogen) atoms. The van der Waals surface area contributed by atoms with Crippen LogP contribution in [0, 0.1) is 0 Å². The third kappa shape index (κ3) is 4.63. The van der Waals surface area contributed by atoms with Gasteiger partial charge in [-0.3, -0.25) is 4.57 Å². The summed E-state index contributed by atoms with van der Waals surface area (Å²) in [5.74, 6) is 0.932. The van der Waals surface area contributed by atoms with Gasteiger partial charge in [-0.1, -0.05) is 164 Å². The Morgan fingerprint density at radius 3 is 1.58 bits per heavy atom. The molecule has 0 unspecified atom stereocenters. The van der Waals surface area contributed by atoms with Crippen LogP contribution in [0.5, 0.6) is 0 Å². The first kappa shape index (κ1) is 29.7. The van der Waals surface area contributed by atoms with Crippen LogP contribution in [0.15, 0.2) is 194 Å². The second kappa shape index (κ2) is 11.8. The maximum absolute atomic E-state index is 5.20. The topological polar surface area (TPSA) is 17.8 Å². The minimum Gasteiger partial charge on any atom is -0.292 e. The Balaban J connectivity index is 1.12. The first-order chi connectivity index (χ1) is 26.3.